The molecule has 2 fully saturated rings. The normalized spacial score (nSPS) is 20.7. The average molecular weight is 476 g/mol. The Morgan fingerprint density at radius 2 is 1.85 bits per heavy atom. The Morgan fingerprint density at radius 1 is 1.09 bits per heavy atom. The smallest absolute Gasteiger partial charge is 0.391 e. The third kappa shape index (κ3) is 6.01. The minimum atomic E-state index is -4.55. The molecule has 2 aromatic rings. The van der Waals surface area contributed by atoms with Crippen LogP contribution in [-0.4, -0.2) is 23.7 Å². The van der Waals surface area contributed by atoms with Gasteiger partial charge in [-0.15, -0.1) is 0 Å². The number of aryl methyl sites for hydroxylation is 1. The van der Waals surface area contributed by atoms with E-state index in [0.29, 0.717) is 36.1 Å². The van der Waals surface area contributed by atoms with Crippen molar-refractivity contribution in [3.8, 4) is 0 Å². The molecule has 2 aromatic carbocycles. The Balaban J connectivity index is 1.50. The van der Waals surface area contributed by atoms with Crippen LogP contribution in [0.3, 0.4) is 0 Å². The molecule has 6 heteroatoms. The number of hydrogen-bond donors (Lipinski definition) is 0. The number of alkyl halides is 3. The molecular weight excluding hydrogens is 437 g/mol. The van der Waals surface area contributed by atoms with Gasteiger partial charge in [0.1, 0.15) is 6.61 Å². The lowest BCUT2D eigenvalue weighted by Crippen LogP contribution is -2.36. The van der Waals surface area contributed by atoms with Gasteiger partial charge in [0.2, 0.25) is 0 Å². The quantitative estimate of drug-likeness (QED) is 0.292. The van der Waals surface area contributed by atoms with Crippen molar-refractivity contribution in [1.29, 1.82) is 0 Å². The van der Waals surface area contributed by atoms with E-state index in [1.807, 2.05) is 24.0 Å². The number of benzene rings is 2. The Bertz CT molecular complexity index is 1140. The van der Waals surface area contributed by atoms with E-state index >= 15 is 0 Å². The van der Waals surface area contributed by atoms with Crippen LogP contribution in [0.25, 0.3) is 0 Å². The highest BCUT2D eigenvalue weighted by molar-refractivity contribution is 5.98. The number of oxime groups is 1. The van der Waals surface area contributed by atoms with E-state index in [1.165, 1.54) is 6.07 Å². The maximum Gasteiger partial charge on any atom is 0.416 e. The van der Waals surface area contributed by atoms with E-state index in [9.17, 15) is 13.2 Å². The first kappa shape index (κ1) is 21.0. The summed E-state index contributed by atoms with van der Waals surface area (Å²) >= 11 is 0. The van der Waals surface area contributed by atoms with Crippen molar-refractivity contribution >= 4 is 5.71 Å². The number of likely N-dealkylation sites (tertiary alicyclic amines) is 1. The fourth-order valence-corrected chi connectivity index (χ4v) is 4.55. The monoisotopic (exact) mass is 475 g/mol. The molecule has 1 saturated carbocycles. The summed E-state index contributed by atoms with van der Waals surface area (Å²) in [5.74, 6) is -1.20. The highest BCUT2D eigenvalue weighted by Crippen LogP contribution is 2.41. The molecule has 1 aliphatic heterocycles. The van der Waals surface area contributed by atoms with E-state index in [2.05, 4.69) is 5.16 Å². The third-order valence-electron chi connectivity index (χ3n) is 6.70. The molecule has 34 heavy (non-hydrogen) atoms. The van der Waals surface area contributed by atoms with Crippen LogP contribution in [0.4, 0.5) is 13.2 Å². The lowest BCUT2D eigenvalue weighted by molar-refractivity contribution is -0.138. The molecular formula is C28H35F3N2O. The van der Waals surface area contributed by atoms with Gasteiger partial charge >= 0.3 is 6.18 Å². The van der Waals surface area contributed by atoms with Gasteiger partial charge in [0, 0.05) is 10.6 Å². The molecule has 0 unspecified atom stereocenters. The summed E-state index contributed by atoms with van der Waals surface area (Å²) in [5, 5.41) is 4.13. The zero-order valence-corrected chi connectivity index (χ0v) is 20.0. The zero-order valence-electron chi connectivity index (χ0n) is 23.0. The van der Waals surface area contributed by atoms with Gasteiger partial charge in [0.05, 0.1) is 11.3 Å². The fraction of sp³-hybridized carbons (Fsp3) is 0.536. The van der Waals surface area contributed by atoms with E-state index < -0.39 is 24.1 Å². The second kappa shape index (κ2) is 10.9. The molecule has 2 aliphatic rings. The van der Waals surface area contributed by atoms with Crippen molar-refractivity contribution in [3.63, 3.8) is 0 Å². The van der Waals surface area contributed by atoms with Crippen LogP contribution in [0.2, 0.25) is 0 Å². The van der Waals surface area contributed by atoms with Crippen molar-refractivity contribution in [2.75, 3.05) is 13.1 Å². The molecule has 0 bridgehead atoms. The van der Waals surface area contributed by atoms with Crippen LogP contribution in [0, 0.1) is 0 Å². The summed E-state index contributed by atoms with van der Waals surface area (Å²) in [6.45, 7) is 3.57. The maximum atomic E-state index is 13.9. The number of rotatable bonds is 8. The minimum Gasteiger partial charge on any atom is -0.391 e. The molecule has 1 aliphatic carbocycles. The topological polar surface area (TPSA) is 24.8 Å². The predicted octanol–water partition coefficient (Wildman–Crippen LogP) is 7.46. The van der Waals surface area contributed by atoms with Crippen LogP contribution in [-0.2, 0) is 30.5 Å². The number of hydrogen-bond acceptors (Lipinski definition) is 3. The zero-order chi connectivity index (χ0) is 26.8. The Hall–Kier alpha value is -2.34. The Labute approximate surface area is 205 Å². The summed E-state index contributed by atoms with van der Waals surface area (Å²) in [7, 11) is 0. The highest BCUT2D eigenvalue weighted by atomic mass is 19.4. The van der Waals surface area contributed by atoms with Crippen LogP contribution < -0.4 is 0 Å². The molecule has 3 nitrogen and oxygen atoms in total. The van der Waals surface area contributed by atoms with Gasteiger partial charge < -0.3 is 4.84 Å². The molecule has 1 saturated heterocycles. The number of nitrogens with zero attached hydrogens (tertiary/aromatic N) is 2. The van der Waals surface area contributed by atoms with Gasteiger partial charge in [-0.05, 0) is 91.5 Å². The molecule has 184 valence electrons. The first-order valence-electron chi connectivity index (χ1n) is 13.7. The summed E-state index contributed by atoms with van der Waals surface area (Å²) in [6.07, 6.45) is 0.482. The lowest BCUT2D eigenvalue weighted by atomic mass is 9.81. The van der Waals surface area contributed by atoms with Crippen molar-refractivity contribution in [2.45, 2.75) is 84.0 Å². The van der Waals surface area contributed by atoms with Gasteiger partial charge in [-0.3, -0.25) is 4.90 Å². The van der Waals surface area contributed by atoms with Gasteiger partial charge in [0.15, 0.2) is 0 Å². The van der Waals surface area contributed by atoms with Crippen LogP contribution in [0.15, 0.2) is 41.6 Å². The molecule has 0 spiro atoms. The Kier molecular flexibility index (Phi) is 6.75. The predicted molar refractivity (Wildman–Crippen MR) is 130 cm³/mol. The summed E-state index contributed by atoms with van der Waals surface area (Å²) in [4.78, 5) is 7.26. The summed E-state index contributed by atoms with van der Waals surface area (Å²) < 4.78 is 67.5. The van der Waals surface area contributed by atoms with Crippen LogP contribution in [0.1, 0.15) is 95.8 Å². The van der Waals surface area contributed by atoms with Gasteiger partial charge in [-0.2, -0.15) is 13.2 Å². The van der Waals surface area contributed by atoms with Crippen LogP contribution in [0.5, 0.6) is 0 Å². The van der Waals surface area contributed by atoms with Crippen molar-refractivity contribution in [3.05, 3.63) is 69.8 Å². The molecule has 0 aromatic heterocycles. The lowest BCUT2D eigenvalue weighted by Gasteiger charge is -2.31. The largest absolute Gasteiger partial charge is 0.416 e. The SMILES string of the molecule is [2H]C1(c2ccc(CO/N=C(\C)c3ccc(C([2H])([2H])N4CCC4)c(CC)c3)cc2C(F)(F)F)CCCCC1. The third-order valence-corrected chi connectivity index (χ3v) is 6.70. The Morgan fingerprint density at radius 3 is 2.50 bits per heavy atom. The van der Waals surface area contributed by atoms with Gasteiger partial charge in [-0.1, -0.05) is 55.6 Å². The van der Waals surface area contributed by atoms with Crippen molar-refractivity contribution < 1.29 is 22.1 Å². The van der Waals surface area contributed by atoms with Gasteiger partial charge in [-0.25, -0.2) is 0 Å². The number of halogens is 3. The minimum absolute atomic E-state index is 0.0495. The molecule has 0 radical (unpaired) electrons. The van der Waals surface area contributed by atoms with E-state index in [1.54, 1.807) is 19.1 Å². The summed E-state index contributed by atoms with van der Waals surface area (Å²) in [6, 6.07) is 9.64. The first-order valence-corrected chi connectivity index (χ1v) is 12.2. The van der Waals surface area contributed by atoms with E-state index in [0.717, 1.165) is 56.0 Å². The molecule has 0 amide bonds. The van der Waals surface area contributed by atoms with Gasteiger partial charge in [0.25, 0.3) is 0 Å². The van der Waals surface area contributed by atoms with E-state index in [-0.39, 0.29) is 12.2 Å². The first-order chi connectivity index (χ1) is 17.5. The second-order valence-electron chi connectivity index (χ2n) is 9.17. The maximum absolute atomic E-state index is 13.9. The average Bonchev–Trinajstić information content (AvgIpc) is 2.82. The van der Waals surface area contributed by atoms with Crippen LogP contribution >= 0.6 is 0 Å². The molecule has 4 rings (SSSR count). The summed E-state index contributed by atoms with van der Waals surface area (Å²) in [5.41, 5.74) is 2.52. The standard InChI is InChI=1S/C28H35F3N2O/c1-3-22-17-24(11-12-25(22)18-33-14-7-15-33)20(2)32-34-19-21-10-13-26(23-8-5-4-6-9-23)27(16-21)28(29,30)31/h10-13,16-17,23H,3-9,14-15,18-19H2,1-2H3/b32-20+/i18D2,23D. The van der Waals surface area contributed by atoms with Crippen molar-refractivity contribution in [1.82, 2.24) is 4.90 Å². The highest BCUT2D eigenvalue weighted by Gasteiger charge is 2.35. The fourth-order valence-electron chi connectivity index (χ4n) is 4.55. The molecule has 0 atom stereocenters. The second-order valence-corrected chi connectivity index (χ2v) is 9.17. The molecule has 0 N–H and O–H groups in total. The van der Waals surface area contributed by atoms with Crippen molar-refractivity contribution in [2.24, 2.45) is 5.16 Å². The van der Waals surface area contributed by atoms with E-state index in [4.69, 9.17) is 8.95 Å². The molecule has 1 heterocycles.